The van der Waals surface area contributed by atoms with Crippen LogP contribution in [-0.2, 0) is 16.0 Å². The minimum atomic E-state index is -0.0706. The molecule has 0 radical (unpaired) electrons. The average molecular weight is 441 g/mol. The Morgan fingerprint density at radius 1 is 1.16 bits per heavy atom. The lowest BCUT2D eigenvalue weighted by Crippen LogP contribution is -2.62. The highest BCUT2D eigenvalue weighted by atomic mass is 16.2. The fourth-order valence-corrected chi connectivity index (χ4v) is 6.47. The van der Waals surface area contributed by atoms with Crippen LogP contribution in [0.4, 0.5) is 5.69 Å². The van der Waals surface area contributed by atoms with Gasteiger partial charge in [-0.2, -0.15) is 0 Å². The highest BCUT2D eigenvalue weighted by Crippen LogP contribution is 2.45. The van der Waals surface area contributed by atoms with Gasteiger partial charge in [0, 0.05) is 43.3 Å². The van der Waals surface area contributed by atoms with Crippen molar-refractivity contribution in [3.05, 3.63) is 29.8 Å². The van der Waals surface area contributed by atoms with Gasteiger partial charge in [0.2, 0.25) is 11.8 Å². The summed E-state index contributed by atoms with van der Waals surface area (Å²) in [6, 6.07) is 8.18. The number of amides is 2. The molecule has 3 atom stereocenters. The molecular weight excluding hydrogens is 400 g/mol. The molecule has 1 saturated carbocycles. The van der Waals surface area contributed by atoms with E-state index in [2.05, 4.69) is 16.7 Å². The van der Waals surface area contributed by atoms with E-state index in [0.717, 1.165) is 63.7 Å². The molecule has 3 aliphatic rings. The zero-order chi connectivity index (χ0) is 22.7. The van der Waals surface area contributed by atoms with Crippen molar-refractivity contribution < 1.29 is 9.59 Å². The topological polar surface area (TPSA) is 69.9 Å². The molecule has 2 saturated heterocycles. The number of hydrogen-bond donors (Lipinski definition) is 1. The van der Waals surface area contributed by atoms with E-state index in [-0.39, 0.29) is 17.5 Å². The zero-order valence-corrected chi connectivity index (χ0v) is 19.9. The third-order valence-corrected chi connectivity index (χ3v) is 8.11. The molecule has 2 aliphatic heterocycles. The Balaban J connectivity index is 1.55. The van der Waals surface area contributed by atoms with Crippen LogP contribution >= 0.6 is 0 Å². The summed E-state index contributed by atoms with van der Waals surface area (Å²) < 4.78 is 0. The van der Waals surface area contributed by atoms with Gasteiger partial charge in [-0.05, 0) is 82.2 Å². The number of hydrogen-bond acceptors (Lipinski definition) is 4. The van der Waals surface area contributed by atoms with E-state index in [9.17, 15) is 9.59 Å². The van der Waals surface area contributed by atoms with Crippen molar-refractivity contribution in [1.82, 2.24) is 14.7 Å². The van der Waals surface area contributed by atoms with Crippen LogP contribution < -0.4 is 5.73 Å². The predicted octanol–water partition coefficient (Wildman–Crippen LogP) is 3.45. The predicted molar refractivity (Wildman–Crippen MR) is 128 cm³/mol. The van der Waals surface area contributed by atoms with Gasteiger partial charge in [0.15, 0.2) is 0 Å². The maximum Gasteiger partial charge on any atom is 0.227 e. The summed E-state index contributed by atoms with van der Waals surface area (Å²) in [5.41, 5.74) is 7.52. The number of carbonyl (C=O) groups is 2. The third kappa shape index (κ3) is 4.66. The highest BCUT2D eigenvalue weighted by molar-refractivity contribution is 5.79. The zero-order valence-electron chi connectivity index (χ0n) is 19.9. The molecular formula is C26H40N4O2. The molecule has 2 N–H and O–H groups in total. The summed E-state index contributed by atoms with van der Waals surface area (Å²) in [6.07, 6.45) is 9.58. The van der Waals surface area contributed by atoms with Crippen LogP contribution in [0.15, 0.2) is 24.3 Å². The van der Waals surface area contributed by atoms with Gasteiger partial charge in [-0.1, -0.05) is 19.1 Å². The van der Waals surface area contributed by atoms with Gasteiger partial charge in [-0.3, -0.25) is 14.5 Å². The van der Waals surface area contributed by atoms with Crippen LogP contribution in [0.5, 0.6) is 0 Å². The second-order valence-corrected chi connectivity index (χ2v) is 10.2. The summed E-state index contributed by atoms with van der Waals surface area (Å²) >= 11 is 0. The van der Waals surface area contributed by atoms with Crippen LogP contribution in [0.25, 0.3) is 0 Å². The summed E-state index contributed by atoms with van der Waals surface area (Å²) in [7, 11) is 1.98. The standard InChI is InChI=1S/C26H40N4O2/c1-3-8-24(31)30-16-7-12-26(30)13-11-22(29-14-4-5-15-29)23(19-26)28(2)25(32)18-20-9-6-10-21(27)17-20/h6,9-10,17,22-23H,3-5,7-8,11-16,18-19,27H2,1-2H3. The SMILES string of the molecule is CCCC(=O)N1CCCC12CCC(N1CCCC1)C(N(C)C(=O)Cc1cccc(N)c1)C2. The first kappa shape index (κ1) is 23.1. The quantitative estimate of drug-likeness (QED) is 0.688. The molecule has 6 heteroatoms. The number of anilines is 1. The maximum atomic E-state index is 13.4. The Morgan fingerprint density at radius 3 is 2.66 bits per heavy atom. The van der Waals surface area contributed by atoms with Crippen molar-refractivity contribution in [1.29, 1.82) is 0 Å². The lowest BCUT2D eigenvalue weighted by atomic mass is 9.73. The summed E-state index contributed by atoms with van der Waals surface area (Å²) in [4.78, 5) is 33.2. The molecule has 176 valence electrons. The highest BCUT2D eigenvalue weighted by Gasteiger charge is 2.51. The number of nitrogens with zero attached hydrogens (tertiary/aromatic N) is 3. The normalized spacial score (nSPS) is 28.4. The average Bonchev–Trinajstić information content (AvgIpc) is 3.44. The molecule has 2 heterocycles. The van der Waals surface area contributed by atoms with Gasteiger partial charge in [-0.25, -0.2) is 0 Å². The van der Waals surface area contributed by atoms with E-state index in [1.807, 2.05) is 36.2 Å². The van der Waals surface area contributed by atoms with Gasteiger partial charge in [0.25, 0.3) is 0 Å². The molecule has 1 spiro atoms. The monoisotopic (exact) mass is 440 g/mol. The van der Waals surface area contributed by atoms with Crippen LogP contribution in [0.1, 0.15) is 70.3 Å². The molecule has 0 bridgehead atoms. The number of benzene rings is 1. The minimum Gasteiger partial charge on any atom is -0.399 e. The number of likely N-dealkylation sites (N-methyl/N-ethyl adjacent to an activating group) is 1. The fraction of sp³-hybridized carbons (Fsp3) is 0.692. The van der Waals surface area contributed by atoms with Crippen molar-refractivity contribution in [2.45, 2.75) is 88.8 Å². The van der Waals surface area contributed by atoms with E-state index in [4.69, 9.17) is 5.73 Å². The van der Waals surface area contributed by atoms with Crippen LogP contribution in [0, 0.1) is 0 Å². The van der Waals surface area contributed by atoms with Gasteiger partial charge in [-0.15, -0.1) is 0 Å². The number of likely N-dealkylation sites (tertiary alicyclic amines) is 2. The number of rotatable bonds is 6. The van der Waals surface area contributed by atoms with Crippen molar-refractivity contribution in [2.75, 3.05) is 32.4 Å². The second-order valence-electron chi connectivity index (χ2n) is 10.2. The molecule has 3 fully saturated rings. The van der Waals surface area contributed by atoms with E-state index < -0.39 is 0 Å². The van der Waals surface area contributed by atoms with Gasteiger partial charge >= 0.3 is 0 Å². The lowest BCUT2D eigenvalue weighted by molar-refractivity contribution is -0.141. The molecule has 6 nitrogen and oxygen atoms in total. The molecule has 1 aromatic carbocycles. The largest absolute Gasteiger partial charge is 0.399 e. The Hall–Kier alpha value is -2.08. The van der Waals surface area contributed by atoms with Crippen LogP contribution in [0.2, 0.25) is 0 Å². The van der Waals surface area contributed by atoms with E-state index in [1.165, 1.54) is 12.8 Å². The van der Waals surface area contributed by atoms with Gasteiger partial charge < -0.3 is 15.5 Å². The van der Waals surface area contributed by atoms with Crippen molar-refractivity contribution in [2.24, 2.45) is 0 Å². The second kappa shape index (κ2) is 9.82. The minimum absolute atomic E-state index is 0.0706. The fourth-order valence-electron chi connectivity index (χ4n) is 6.47. The molecule has 2 amide bonds. The van der Waals surface area contributed by atoms with Crippen molar-refractivity contribution in [3.8, 4) is 0 Å². The Kier molecular flexibility index (Phi) is 7.08. The van der Waals surface area contributed by atoms with Crippen LogP contribution in [0.3, 0.4) is 0 Å². The summed E-state index contributed by atoms with van der Waals surface area (Å²) in [5.74, 6) is 0.448. The van der Waals surface area contributed by atoms with Crippen molar-refractivity contribution >= 4 is 17.5 Å². The van der Waals surface area contributed by atoms with E-state index >= 15 is 0 Å². The smallest absolute Gasteiger partial charge is 0.227 e. The molecule has 1 aliphatic carbocycles. The molecule has 1 aromatic rings. The summed E-state index contributed by atoms with van der Waals surface area (Å²) in [6.45, 7) is 5.21. The maximum absolute atomic E-state index is 13.4. The van der Waals surface area contributed by atoms with E-state index in [0.29, 0.717) is 30.5 Å². The summed E-state index contributed by atoms with van der Waals surface area (Å²) in [5, 5.41) is 0. The first-order valence-corrected chi connectivity index (χ1v) is 12.6. The molecule has 4 rings (SSSR count). The Labute approximate surface area is 193 Å². The number of carbonyl (C=O) groups excluding carboxylic acids is 2. The van der Waals surface area contributed by atoms with Crippen molar-refractivity contribution in [3.63, 3.8) is 0 Å². The lowest BCUT2D eigenvalue weighted by Gasteiger charge is -2.52. The molecule has 0 aromatic heterocycles. The third-order valence-electron chi connectivity index (χ3n) is 8.11. The van der Waals surface area contributed by atoms with E-state index in [1.54, 1.807) is 0 Å². The number of nitrogens with two attached hydrogens (primary N) is 1. The Bertz CT molecular complexity index is 822. The first-order chi connectivity index (χ1) is 15.4. The number of nitrogen functional groups attached to an aromatic ring is 1. The molecule has 32 heavy (non-hydrogen) atoms. The molecule has 3 unspecified atom stereocenters. The Morgan fingerprint density at radius 2 is 1.94 bits per heavy atom. The first-order valence-electron chi connectivity index (χ1n) is 12.6. The van der Waals surface area contributed by atoms with Gasteiger partial charge in [0.05, 0.1) is 6.42 Å². The van der Waals surface area contributed by atoms with Gasteiger partial charge in [0.1, 0.15) is 0 Å². The van der Waals surface area contributed by atoms with Crippen LogP contribution in [-0.4, -0.2) is 70.8 Å².